The van der Waals surface area contributed by atoms with Crippen LogP contribution in [0.15, 0.2) is 32.3 Å². The third-order valence-corrected chi connectivity index (χ3v) is 5.23. The molecule has 0 fully saturated rings. The molecule has 0 atom stereocenters. The number of benzene rings is 1. The molecule has 3 aromatic rings. The molecule has 0 spiro atoms. The predicted molar refractivity (Wildman–Crippen MR) is 90.1 cm³/mol. The van der Waals surface area contributed by atoms with Gasteiger partial charge in [-0.15, -0.1) is 16.9 Å². The molecule has 0 amide bonds. The standard InChI is InChI=1S/C15H12Cl2N2O2S/c1-7-3-12(10(17)5-9(7)16)22-6-11-14-8(2)4-13(20)21-15(14)19-18-11/h3-5H,6H2,1-2H3,(H,18,19). The Bertz CT molecular complexity index is 918. The fourth-order valence-electron chi connectivity index (χ4n) is 2.21. The van der Waals surface area contributed by atoms with Crippen molar-refractivity contribution in [2.24, 2.45) is 0 Å². The summed E-state index contributed by atoms with van der Waals surface area (Å²) >= 11 is 13.8. The molecule has 0 saturated carbocycles. The Labute approximate surface area is 140 Å². The number of nitrogens with zero attached hydrogens (tertiary/aromatic N) is 1. The van der Waals surface area contributed by atoms with Crippen LogP contribution in [0.4, 0.5) is 0 Å². The number of halogens is 2. The van der Waals surface area contributed by atoms with Gasteiger partial charge in [-0.25, -0.2) is 4.79 Å². The molecule has 1 aromatic carbocycles. The molecule has 0 aliphatic rings. The number of aromatic amines is 1. The summed E-state index contributed by atoms with van der Waals surface area (Å²) in [6.45, 7) is 3.80. The normalized spacial score (nSPS) is 11.3. The van der Waals surface area contributed by atoms with Crippen LogP contribution in [0, 0.1) is 13.8 Å². The molecule has 4 nitrogen and oxygen atoms in total. The zero-order valence-electron chi connectivity index (χ0n) is 11.9. The summed E-state index contributed by atoms with van der Waals surface area (Å²) in [5.74, 6) is 0.631. The molecule has 0 saturated heterocycles. The summed E-state index contributed by atoms with van der Waals surface area (Å²) in [6.07, 6.45) is 0. The highest BCUT2D eigenvalue weighted by atomic mass is 35.5. The smallest absolute Gasteiger partial charge is 0.337 e. The Balaban J connectivity index is 1.92. The molecule has 114 valence electrons. The molecule has 1 N–H and O–H groups in total. The van der Waals surface area contributed by atoms with Crippen molar-refractivity contribution >= 4 is 46.1 Å². The number of rotatable bonds is 3. The second kappa shape index (κ2) is 5.99. The van der Waals surface area contributed by atoms with Gasteiger partial charge >= 0.3 is 5.63 Å². The number of aryl methyl sites for hydroxylation is 2. The molecular formula is C15H12Cl2N2O2S. The molecule has 0 aliphatic carbocycles. The van der Waals surface area contributed by atoms with Crippen molar-refractivity contribution < 1.29 is 4.42 Å². The quantitative estimate of drug-likeness (QED) is 0.690. The first-order valence-corrected chi connectivity index (χ1v) is 8.26. The van der Waals surface area contributed by atoms with Gasteiger partial charge in [-0.2, -0.15) is 0 Å². The minimum atomic E-state index is -0.396. The van der Waals surface area contributed by atoms with E-state index in [4.69, 9.17) is 27.6 Å². The second-order valence-corrected chi connectivity index (χ2v) is 6.78. The highest BCUT2D eigenvalue weighted by Gasteiger charge is 2.13. The minimum absolute atomic E-state index is 0.332. The zero-order chi connectivity index (χ0) is 15.9. The van der Waals surface area contributed by atoms with Gasteiger partial charge in [-0.05, 0) is 37.1 Å². The molecule has 2 aromatic heterocycles. The highest BCUT2D eigenvalue weighted by molar-refractivity contribution is 7.98. The lowest BCUT2D eigenvalue weighted by Crippen LogP contribution is -1.97. The molecule has 3 rings (SSSR count). The topological polar surface area (TPSA) is 58.9 Å². The summed E-state index contributed by atoms with van der Waals surface area (Å²) in [4.78, 5) is 12.3. The minimum Gasteiger partial charge on any atom is -0.402 e. The second-order valence-electron chi connectivity index (χ2n) is 4.95. The summed E-state index contributed by atoms with van der Waals surface area (Å²) in [5, 5.41) is 9.08. The number of aromatic nitrogens is 2. The van der Waals surface area contributed by atoms with Gasteiger partial charge in [0.1, 0.15) is 0 Å². The Morgan fingerprint density at radius 1 is 1.18 bits per heavy atom. The van der Waals surface area contributed by atoms with Gasteiger partial charge < -0.3 is 4.42 Å². The molecule has 7 heteroatoms. The van der Waals surface area contributed by atoms with Crippen LogP contribution in [0.2, 0.25) is 10.0 Å². The Kier molecular flexibility index (Phi) is 4.21. The summed E-state index contributed by atoms with van der Waals surface area (Å²) in [5.41, 5.74) is 2.65. The highest BCUT2D eigenvalue weighted by Crippen LogP contribution is 2.34. The average molecular weight is 355 g/mol. The molecule has 22 heavy (non-hydrogen) atoms. The van der Waals surface area contributed by atoms with Crippen LogP contribution in [-0.2, 0) is 5.75 Å². The largest absolute Gasteiger partial charge is 0.402 e. The maximum Gasteiger partial charge on any atom is 0.337 e. The van der Waals surface area contributed by atoms with Gasteiger partial charge in [0.05, 0.1) is 16.1 Å². The van der Waals surface area contributed by atoms with E-state index >= 15 is 0 Å². The van der Waals surface area contributed by atoms with Crippen LogP contribution in [0.3, 0.4) is 0 Å². The predicted octanol–water partition coefficient (Wildman–Crippen LogP) is 4.73. The van der Waals surface area contributed by atoms with E-state index in [1.165, 1.54) is 6.07 Å². The van der Waals surface area contributed by atoms with Gasteiger partial charge in [-0.1, -0.05) is 23.2 Å². The first kappa shape index (κ1) is 15.5. The number of nitrogens with one attached hydrogen (secondary N) is 1. The lowest BCUT2D eigenvalue weighted by molar-refractivity contribution is 0.547. The zero-order valence-corrected chi connectivity index (χ0v) is 14.2. The summed E-state index contributed by atoms with van der Waals surface area (Å²) in [7, 11) is 0. The number of hydrogen-bond acceptors (Lipinski definition) is 4. The van der Waals surface area contributed by atoms with E-state index < -0.39 is 5.63 Å². The molecular weight excluding hydrogens is 343 g/mol. The fraction of sp³-hybridized carbons (Fsp3) is 0.200. The van der Waals surface area contributed by atoms with E-state index in [2.05, 4.69) is 10.2 Å². The van der Waals surface area contributed by atoms with Crippen molar-refractivity contribution in [2.45, 2.75) is 24.5 Å². The maximum atomic E-state index is 11.4. The summed E-state index contributed by atoms with van der Waals surface area (Å²) < 4.78 is 5.08. The third kappa shape index (κ3) is 2.89. The Morgan fingerprint density at radius 3 is 2.73 bits per heavy atom. The first-order valence-electron chi connectivity index (χ1n) is 6.52. The summed E-state index contributed by atoms with van der Waals surface area (Å²) in [6, 6.07) is 5.17. The van der Waals surface area contributed by atoms with Crippen molar-refractivity contribution in [2.75, 3.05) is 0 Å². The van der Waals surface area contributed by atoms with Gasteiger partial charge in [0, 0.05) is 21.7 Å². The van der Waals surface area contributed by atoms with Crippen molar-refractivity contribution in [1.29, 1.82) is 0 Å². The van der Waals surface area contributed by atoms with Crippen LogP contribution < -0.4 is 5.63 Å². The van der Waals surface area contributed by atoms with Crippen LogP contribution in [0.1, 0.15) is 16.8 Å². The maximum absolute atomic E-state index is 11.4. The van der Waals surface area contributed by atoms with Crippen molar-refractivity contribution in [3.63, 3.8) is 0 Å². The van der Waals surface area contributed by atoms with Crippen molar-refractivity contribution in [1.82, 2.24) is 10.2 Å². The van der Waals surface area contributed by atoms with E-state index in [1.54, 1.807) is 17.8 Å². The lowest BCUT2D eigenvalue weighted by Gasteiger charge is -2.07. The number of fused-ring (bicyclic) bond motifs is 1. The van der Waals surface area contributed by atoms with E-state index in [-0.39, 0.29) is 0 Å². The Morgan fingerprint density at radius 2 is 1.95 bits per heavy atom. The van der Waals surface area contributed by atoms with Crippen LogP contribution in [0.25, 0.3) is 11.1 Å². The SMILES string of the molecule is Cc1cc(SCc2[nH]nc3oc(=O)cc(C)c23)c(Cl)cc1Cl. The molecule has 0 radical (unpaired) electrons. The van der Waals surface area contributed by atoms with E-state index in [0.29, 0.717) is 21.5 Å². The van der Waals surface area contributed by atoms with Crippen molar-refractivity contribution in [3.05, 3.63) is 55.5 Å². The van der Waals surface area contributed by atoms with Crippen LogP contribution in [-0.4, -0.2) is 10.2 Å². The number of hydrogen-bond donors (Lipinski definition) is 1. The number of H-pyrrole nitrogens is 1. The lowest BCUT2D eigenvalue weighted by atomic mass is 10.2. The molecule has 0 bridgehead atoms. The number of thioether (sulfide) groups is 1. The van der Waals surface area contributed by atoms with Crippen LogP contribution >= 0.6 is 35.0 Å². The van der Waals surface area contributed by atoms with Gasteiger partial charge in [0.2, 0.25) is 5.71 Å². The van der Waals surface area contributed by atoms with Gasteiger partial charge in [0.25, 0.3) is 0 Å². The van der Waals surface area contributed by atoms with E-state index in [0.717, 1.165) is 27.1 Å². The average Bonchev–Trinajstić information content (AvgIpc) is 2.84. The Hall–Kier alpha value is -1.43. The van der Waals surface area contributed by atoms with E-state index in [9.17, 15) is 4.79 Å². The van der Waals surface area contributed by atoms with Crippen LogP contribution in [0.5, 0.6) is 0 Å². The van der Waals surface area contributed by atoms with Gasteiger partial charge in [-0.3, -0.25) is 5.10 Å². The molecule has 0 aliphatic heterocycles. The van der Waals surface area contributed by atoms with Gasteiger partial charge in [0.15, 0.2) is 0 Å². The molecule has 0 unspecified atom stereocenters. The fourth-order valence-corrected chi connectivity index (χ4v) is 3.72. The van der Waals surface area contributed by atoms with Crippen molar-refractivity contribution in [3.8, 4) is 0 Å². The molecule has 2 heterocycles. The first-order chi connectivity index (χ1) is 10.5. The van der Waals surface area contributed by atoms with E-state index in [1.807, 2.05) is 19.9 Å². The third-order valence-electron chi connectivity index (χ3n) is 3.32. The monoisotopic (exact) mass is 354 g/mol.